The number of carbonyl (C=O) groups is 5. The van der Waals surface area contributed by atoms with Crippen LogP contribution in [0.3, 0.4) is 0 Å². The molecule has 0 bridgehead atoms. The molecule has 0 aromatic heterocycles. The molecular formula is C35H41NO9. The van der Waals surface area contributed by atoms with E-state index in [0.29, 0.717) is 17.7 Å². The molecule has 10 heteroatoms. The molecule has 45 heavy (non-hydrogen) atoms. The number of esters is 2. The monoisotopic (exact) mass is 619 g/mol. The van der Waals surface area contributed by atoms with E-state index in [0.717, 1.165) is 16.9 Å². The fraction of sp³-hybridized carbons (Fsp3) is 0.457. The summed E-state index contributed by atoms with van der Waals surface area (Å²) in [6.07, 6.45) is 1.10. The maximum absolute atomic E-state index is 13.7. The van der Waals surface area contributed by atoms with E-state index in [4.69, 9.17) is 9.47 Å². The molecule has 240 valence electrons. The number of carbonyl (C=O) groups excluding carboxylic acids is 4. The van der Waals surface area contributed by atoms with Crippen molar-refractivity contribution in [2.24, 2.45) is 29.6 Å². The topological polar surface area (TPSA) is 148 Å². The number of unbranched alkanes of at least 4 members (excludes halogenated alkanes) is 1. The number of ether oxygens (including phenoxy) is 2. The molecule has 1 heterocycles. The van der Waals surface area contributed by atoms with Gasteiger partial charge in [-0.25, -0.2) is 0 Å². The second-order valence-corrected chi connectivity index (χ2v) is 11.3. The molecule has 5 atom stereocenters. The van der Waals surface area contributed by atoms with Crippen LogP contribution in [0.25, 0.3) is 0 Å². The molecule has 2 amide bonds. The highest BCUT2D eigenvalue weighted by atomic mass is 16.5. The maximum atomic E-state index is 13.7. The number of amides is 2. The molecular weight excluding hydrogens is 578 g/mol. The third kappa shape index (κ3) is 9.75. The zero-order valence-electron chi connectivity index (χ0n) is 25.9. The number of aliphatic carboxylic acids is 1. The Balaban J connectivity index is 1.82. The van der Waals surface area contributed by atoms with Gasteiger partial charge in [-0.2, -0.15) is 0 Å². The zero-order chi connectivity index (χ0) is 32.9. The Kier molecular flexibility index (Phi) is 13.3. The second kappa shape index (κ2) is 17.1. The number of imide groups is 1. The molecule has 1 aliphatic rings. The fourth-order valence-corrected chi connectivity index (χ4v) is 5.24. The van der Waals surface area contributed by atoms with E-state index in [2.05, 4.69) is 11.8 Å². The van der Waals surface area contributed by atoms with Crippen LogP contribution in [-0.4, -0.2) is 59.8 Å². The number of benzene rings is 2. The Labute approximate surface area is 263 Å². The summed E-state index contributed by atoms with van der Waals surface area (Å²) < 4.78 is 10.6. The van der Waals surface area contributed by atoms with Crippen LogP contribution in [0.4, 0.5) is 5.69 Å². The SMILES string of the molecule is CCCCOC(=O)C(CC(C)C(=O)O)CC(CC1C(=O)N(c2ccc(C#Cc3ccccc3)cc2)C(=O)C1C)C(=O)OCCO. The highest BCUT2D eigenvalue weighted by molar-refractivity contribution is 6.22. The van der Waals surface area contributed by atoms with Crippen molar-refractivity contribution in [3.63, 3.8) is 0 Å². The maximum Gasteiger partial charge on any atom is 0.309 e. The lowest BCUT2D eigenvalue weighted by molar-refractivity contribution is -0.155. The fourth-order valence-electron chi connectivity index (χ4n) is 5.24. The molecule has 0 spiro atoms. The van der Waals surface area contributed by atoms with Crippen molar-refractivity contribution in [3.05, 3.63) is 65.7 Å². The number of anilines is 1. The first-order chi connectivity index (χ1) is 21.6. The standard InChI is InChI=1S/C35H41NO9/c1-4-5-18-44-34(42)27(20-23(2)33(40)41)21-28(35(43)45-19-17-37)22-30-24(3)31(38)36(32(30)39)29-15-13-26(14-16-29)12-11-25-9-7-6-8-10-25/h6-10,13-16,23-24,27-28,30,37H,4-5,17-22H2,1-3H3,(H,40,41). The summed E-state index contributed by atoms with van der Waals surface area (Å²) in [5.74, 6) is -1.81. The second-order valence-electron chi connectivity index (χ2n) is 11.3. The van der Waals surface area contributed by atoms with Gasteiger partial charge in [-0.1, -0.05) is 57.2 Å². The average Bonchev–Trinajstić information content (AvgIpc) is 3.24. The first kappa shape index (κ1) is 35.0. The first-order valence-electron chi connectivity index (χ1n) is 15.3. The van der Waals surface area contributed by atoms with E-state index < -0.39 is 65.9 Å². The van der Waals surface area contributed by atoms with Crippen molar-refractivity contribution < 1.29 is 43.7 Å². The van der Waals surface area contributed by atoms with Gasteiger partial charge in [0.15, 0.2) is 0 Å². The van der Waals surface area contributed by atoms with Crippen molar-refractivity contribution in [2.75, 3.05) is 24.7 Å². The van der Waals surface area contributed by atoms with Gasteiger partial charge in [-0.15, -0.1) is 0 Å². The largest absolute Gasteiger partial charge is 0.481 e. The van der Waals surface area contributed by atoms with E-state index in [9.17, 15) is 34.2 Å². The molecule has 1 aliphatic heterocycles. The van der Waals surface area contributed by atoms with Crippen LogP contribution < -0.4 is 4.90 Å². The predicted octanol–water partition coefficient (Wildman–Crippen LogP) is 4.21. The van der Waals surface area contributed by atoms with Crippen LogP contribution >= 0.6 is 0 Å². The predicted molar refractivity (Wildman–Crippen MR) is 166 cm³/mol. The third-order valence-electron chi connectivity index (χ3n) is 7.91. The van der Waals surface area contributed by atoms with Crippen molar-refractivity contribution in [1.82, 2.24) is 0 Å². The van der Waals surface area contributed by atoms with E-state index in [1.807, 2.05) is 37.3 Å². The molecule has 0 aliphatic carbocycles. The van der Waals surface area contributed by atoms with Crippen LogP contribution in [0, 0.1) is 41.4 Å². The van der Waals surface area contributed by atoms with Gasteiger partial charge in [-0.05, 0) is 62.1 Å². The molecule has 1 fully saturated rings. The quantitative estimate of drug-likeness (QED) is 0.129. The van der Waals surface area contributed by atoms with Crippen LogP contribution in [0.2, 0.25) is 0 Å². The van der Waals surface area contributed by atoms with E-state index in [-0.39, 0.29) is 32.5 Å². The molecule has 2 N–H and O–H groups in total. The van der Waals surface area contributed by atoms with E-state index in [1.165, 1.54) is 6.92 Å². The number of nitrogens with zero attached hydrogens (tertiary/aromatic N) is 1. The van der Waals surface area contributed by atoms with Gasteiger partial charge >= 0.3 is 17.9 Å². The number of rotatable bonds is 15. The van der Waals surface area contributed by atoms with Crippen molar-refractivity contribution >= 4 is 35.4 Å². The Morgan fingerprint density at radius 1 is 0.867 bits per heavy atom. The number of carboxylic acid groups (broad SMARTS) is 1. The summed E-state index contributed by atoms with van der Waals surface area (Å²) in [4.78, 5) is 65.9. The summed E-state index contributed by atoms with van der Waals surface area (Å²) in [6, 6.07) is 16.2. The van der Waals surface area contributed by atoms with Gasteiger partial charge in [0.25, 0.3) is 0 Å². The van der Waals surface area contributed by atoms with Crippen LogP contribution in [-0.2, 0) is 33.4 Å². The number of aliphatic hydroxyl groups is 1. The van der Waals surface area contributed by atoms with Gasteiger partial charge in [0, 0.05) is 17.0 Å². The normalized spacial score (nSPS) is 18.0. The van der Waals surface area contributed by atoms with E-state index in [1.54, 1.807) is 31.2 Å². The van der Waals surface area contributed by atoms with Gasteiger partial charge in [0.1, 0.15) is 6.61 Å². The number of aliphatic hydroxyl groups excluding tert-OH is 1. The lowest BCUT2D eigenvalue weighted by Crippen LogP contribution is -2.33. The summed E-state index contributed by atoms with van der Waals surface area (Å²) in [6.45, 7) is 4.46. The van der Waals surface area contributed by atoms with Crippen LogP contribution in [0.1, 0.15) is 64.0 Å². The number of carboxylic acids is 1. The van der Waals surface area contributed by atoms with Crippen molar-refractivity contribution in [2.45, 2.75) is 52.9 Å². The average molecular weight is 620 g/mol. The molecule has 5 unspecified atom stereocenters. The van der Waals surface area contributed by atoms with Gasteiger partial charge in [0.05, 0.1) is 42.6 Å². The molecule has 2 aromatic carbocycles. The lowest BCUT2D eigenvalue weighted by Gasteiger charge is -2.25. The first-order valence-corrected chi connectivity index (χ1v) is 15.3. The highest BCUT2D eigenvalue weighted by Gasteiger charge is 2.48. The highest BCUT2D eigenvalue weighted by Crippen LogP contribution is 2.37. The van der Waals surface area contributed by atoms with Crippen LogP contribution in [0.15, 0.2) is 54.6 Å². The van der Waals surface area contributed by atoms with Crippen molar-refractivity contribution in [1.29, 1.82) is 0 Å². The lowest BCUT2D eigenvalue weighted by atomic mass is 9.80. The molecule has 0 radical (unpaired) electrons. The Morgan fingerprint density at radius 3 is 2.07 bits per heavy atom. The number of hydrogen-bond donors (Lipinski definition) is 2. The summed E-state index contributed by atoms with van der Waals surface area (Å²) in [7, 11) is 0. The summed E-state index contributed by atoms with van der Waals surface area (Å²) >= 11 is 0. The Bertz CT molecular complexity index is 1390. The molecule has 0 saturated carbocycles. The van der Waals surface area contributed by atoms with E-state index >= 15 is 0 Å². The molecule has 2 aromatic rings. The third-order valence-corrected chi connectivity index (χ3v) is 7.91. The zero-order valence-corrected chi connectivity index (χ0v) is 25.9. The van der Waals surface area contributed by atoms with Crippen LogP contribution in [0.5, 0.6) is 0 Å². The Morgan fingerprint density at radius 2 is 1.47 bits per heavy atom. The Hall–Kier alpha value is -4.49. The minimum absolute atomic E-state index is 0.0805. The minimum Gasteiger partial charge on any atom is -0.481 e. The molecule has 3 rings (SSSR count). The molecule has 10 nitrogen and oxygen atoms in total. The van der Waals surface area contributed by atoms with Gasteiger partial charge < -0.3 is 19.7 Å². The van der Waals surface area contributed by atoms with Gasteiger partial charge in [-0.3, -0.25) is 28.9 Å². The van der Waals surface area contributed by atoms with Gasteiger partial charge in [0.2, 0.25) is 11.8 Å². The minimum atomic E-state index is -1.10. The smallest absolute Gasteiger partial charge is 0.309 e. The number of hydrogen-bond acceptors (Lipinski definition) is 8. The molecule has 1 saturated heterocycles. The summed E-state index contributed by atoms with van der Waals surface area (Å²) in [5.41, 5.74) is 1.92. The van der Waals surface area contributed by atoms with Crippen molar-refractivity contribution in [3.8, 4) is 11.8 Å². The summed E-state index contributed by atoms with van der Waals surface area (Å²) in [5, 5.41) is 18.7.